The Hall–Kier alpha value is -2.65. The van der Waals surface area contributed by atoms with Crippen LogP contribution in [0, 0.1) is 0 Å². The summed E-state index contributed by atoms with van der Waals surface area (Å²) in [5.41, 5.74) is 6.18. The first-order valence-electron chi connectivity index (χ1n) is 11.7. The fraction of sp³-hybridized carbons (Fsp3) is 0.393. The lowest BCUT2D eigenvalue weighted by Gasteiger charge is -2.36. The van der Waals surface area contributed by atoms with Gasteiger partial charge in [-0.05, 0) is 68.4 Å². The molecule has 162 valence electrons. The molecule has 2 aliphatic rings. The van der Waals surface area contributed by atoms with E-state index in [0.29, 0.717) is 12.1 Å². The summed E-state index contributed by atoms with van der Waals surface area (Å²) in [6.07, 6.45) is 6.84. The third-order valence-electron chi connectivity index (χ3n) is 6.96. The van der Waals surface area contributed by atoms with Gasteiger partial charge in [0.05, 0.1) is 0 Å². The molecule has 0 saturated carbocycles. The normalized spacial score (nSPS) is 22.3. The van der Waals surface area contributed by atoms with E-state index in [2.05, 4.69) is 53.9 Å². The number of nitrogens with zero attached hydrogens (tertiary/aromatic N) is 2. The van der Waals surface area contributed by atoms with Crippen molar-refractivity contribution in [1.82, 2.24) is 9.80 Å². The van der Waals surface area contributed by atoms with Crippen LogP contribution in [-0.2, 0) is 0 Å². The summed E-state index contributed by atoms with van der Waals surface area (Å²) < 4.78 is 0. The van der Waals surface area contributed by atoms with Gasteiger partial charge in [-0.3, -0.25) is 9.69 Å². The van der Waals surface area contributed by atoms with Crippen LogP contribution in [0.25, 0.3) is 5.57 Å². The Morgan fingerprint density at radius 2 is 1.48 bits per heavy atom. The van der Waals surface area contributed by atoms with Crippen LogP contribution in [0.15, 0.2) is 72.8 Å². The van der Waals surface area contributed by atoms with E-state index in [1.807, 2.05) is 37.0 Å². The average molecular weight is 415 g/mol. The minimum atomic E-state index is 0.112. The van der Waals surface area contributed by atoms with Crippen molar-refractivity contribution in [3.63, 3.8) is 0 Å². The second-order valence-corrected chi connectivity index (χ2v) is 8.68. The van der Waals surface area contributed by atoms with Gasteiger partial charge in [0, 0.05) is 37.3 Å². The molecule has 1 amide bonds. The van der Waals surface area contributed by atoms with Gasteiger partial charge in [-0.25, -0.2) is 0 Å². The summed E-state index contributed by atoms with van der Waals surface area (Å²) in [6, 6.07) is 20.3. The highest BCUT2D eigenvalue weighted by Gasteiger charge is 2.38. The van der Waals surface area contributed by atoms with Crippen molar-refractivity contribution in [2.24, 2.45) is 0 Å². The van der Waals surface area contributed by atoms with E-state index in [1.54, 1.807) is 5.57 Å². The lowest BCUT2D eigenvalue weighted by Crippen LogP contribution is -2.40. The Labute approximate surface area is 187 Å². The van der Waals surface area contributed by atoms with Gasteiger partial charge >= 0.3 is 0 Å². The molecule has 2 saturated heterocycles. The van der Waals surface area contributed by atoms with E-state index in [9.17, 15) is 4.79 Å². The van der Waals surface area contributed by atoms with Crippen molar-refractivity contribution >= 4 is 11.5 Å². The number of hydrogen-bond donors (Lipinski definition) is 0. The van der Waals surface area contributed by atoms with Gasteiger partial charge in [-0.2, -0.15) is 0 Å². The SMILES string of the molecule is C=CCN1[C@@H]2CC[C@H]1CC(=C(c1ccccc1)c1ccc(C(=O)N(CC)CC)cc1)C2. The standard InChI is InChI=1S/C28H34N2O/c1-4-18-30-25-16-17-26(30)20-24(19-25)27(21-10-8-7-9-11-21)22-12-14-23(15-13-22)28(31)29(5-2)6-3/h4,7-15,25-26H,1,5-6,16-20H2,2-3H3/t25-,26+. The van der Waals surface area contributed by atoms with Crippen LogP contribution >= 0.6 is 0 Å². The molecule has 2 fully saturated rings. The second-order valence-electron chi connectivity index (χ2n) is 8.68. The molecular weight excluding hydrogens is 380 g/mol. The molecule has 2 atom stereocenters. The highest BCUT2D eigenvalue weighted by atomic mass is 16.2. The molecule has 0 unspecified atom stereocenters. The fourth-order valence-corrected chi connectivity index (χ4v) is 5.41. The molecule has 2 aliphatic heterocycles. The first-order chi connectivity index (χ1) is 15.2. The van der Waals surface area contributed by atoms with Crippen LogP contribution in [0.4, 0.5) is 0 Å². The summed E-state index contributed by atoms with van der Waals surface area (Å²) in [6.45, 7) is 10.5. The van der Waals surface area contributed by atoms with E-state index >= 15 is 0 Å². The van der Waals surface area contributed by atoms with Crippen molar-refractivity contribution in [1.29, 1.82) is 0 Å². The largest absolute Gasteiger partial charge is 0.339 e. The van der Waals surface area contributed by atoms with Gasteiger partial charge in [-0.15, -0.1) is 6.58 Å². The molecule has 2 heterocycles. The van der Waals surface area contributed by atoms with Crippen LogP contribution in [0.2, 0.25) is 0 Å². The van der Waals surface area contributed by atoms with Crippen LogP contribution < -0.4 is 0 Å². The van der Waals surface area contributed by atoms with E-state index < -0.39 is 0 Å². The Bertz CT molecular complexity index is 925. The summed E-state index contributed by atoms with van der Waals surface area (Å²) in [4.78, 5) is 17.3. The Kier molecular flexibility index (Phi) is 6.72. The average Bonchev–Trinajstić information content (AvgIpc) is 3.03. The zero-order valence-electron chi connectivity index (χ0n) is 18.9. The lowest BCUT2D eigenvalue weighted by molar-refractivity contribution is 0.0773. The first kappa shape index (κ1) is 21.6. The maximum absolute atomic E-state index is 12.8. The van der Waals surface area contributed by atoms with Gasteiger partial charge in [0.25, 0.3) is 5.91 Å². The second kappa shape index (κ2) is 9.65. The smallest absolute Gasteiger partial charge is 0.253 e. The molecule has 0 aromatic heterocycles. The topological polar surface area (TPSA) is 23.6 Å². The summed E-state index contributed by atoms with van der Waals surface area (Å²) in [5, 5.41) is 0. The zero-order chi connectivity index (χ0) is 21.8. The molecule has 0 radical (unpaired) electrons. The van der Waals surface area contributed by atoms with Gasteiger partial charge in [0.15, 0.2) is 0 Å². The van der Waals surface area contributed by atoms with Crippen molar-refractivity contribution in [2.75, 3.05) is 19.6 Å². The Balaban J connectivity index is 1.70. The number of carbonyl (C=O) groups is 1. The number of carbonyl (C=O) groups excluding carboxylic acids is 1. The summed E-state index contributed by atoms with van der Waals surface area (Å²) in [7, 11) is 0. The van der Waals surface area contributed by atoms with E-state index in [0.717, 1.165) is 38.0 Å². The van der Waals surface area contributed by atoms with Crippen LogP contribution in [0.5, 0.6) is 0 Å². The lowest BCUT2D eigenvalue weighted by atomic mass is 9.85. The fourth-order valence-electron chi connectivity index (χ4n) is 5.41. The van der Waals surface area contributed by atoms with Crippen molar-refractivity contribution in [3.8, 4) is 0 Å². The highest BCUT2D eigenvalue weighted by Crippen LogP contribution is 2.42. The van der Waals surface area contributed by atoms with Crippen molar-refractivity contribution in [2.45, 2.75) is 51.6 Å². The van der Waals surface area contributed by atoms with Crippen LogP contribution in [-0.4, -0.2) is 47.4 Å². The third-order valence-corrected chi connectivity index (χ3v) is 6.96. The molecule has 0 aliphatic carbocycles. The molecule has 0 spiro atoms. The maximum Gasteiger partial charge on any atom is 0.253 e. The highest BCUT2D eigenvalue weighted by molar-refractivity contribution is 5.95. The van der Waals surface area contributed by atoms with Crippen molar-refractivity contribution < 1.29 is 4.79 Å². The molecule has 4 rings (SSSR count). The molecule has 31 heavy (non-hydrogen) atoms. The van der Waals surface area contributed by atoms with Gasteiger partial charge in [0.1, 0.15) is 0 Å². The van der Waals surface area contributed by atoms with Gasteiger partial charge in [0.2, 0.25) is 0 Å². The molecule has 2 aromatic carbocycles. The molecular formula is C28H34N2O. The van der Waals surface area contributed by atoms with Crippen LogP contribution in [0.3, 0.4) is 0 Å². The molecule has 2 bridgehead atoms. The predicted octanol–water partition coefficient (Wildman–Crippen LogP) is 5.78. The third kappa shape index (κ3) is 4.38. The summed E-state index contributed by atoms with van der Waals surface area (Å²) >= 11 is 0. The molecule has 0 N–H and O–H groups in total. The van der Waals surface area contributed by atoms with Crippen molar-refractivity contribution in [3.05, 3.63) is 89.5 Å². The monoisotopic (exact) mass is 414 g/mol. The Morgan fingerprint density at radius 3 is 2.03 bits per heavy atom. The van der Waals surface area contributed by atoms with Gasteiger partial charge in [-0.1, -0.05) is 54.1 Å². The van der Waals surface area contributed by atoms with E-state index in [4.69, 9.17) is 0 Å². The van der Waals surface area contributed by atoms with Crippen LogP contribution in [0.1, 0.15) is 61.0 Å². The molecule has 2 aromatic rings. The number of amides is 1. The molecule has 3 nitrogen and oxygen atoms in total. The number of hydrogen-bond acceptors (Lipinski definition) is 2. The minimum Gasteiger partial charge on any atom is -0.339 e. The molecule has 3 heteroatoms. The number of fused-ring (bicyclic) bond motifs is 2. The quantitative estimate of drug-likeness (QED) is 0.536. The van der Waals surface area contributed by atoms with E-state index in [1.165, 1.54) is 29.5 Å². The summed E-state index contributed by atoms with van der Waals surface area (Å²) in [5.74, 6) is 0.112. The number of benzene rings is 2. The maximum atomic E-state index is 12.8. The Morgan fingerprint density at radius 1 is 0.935 bits per heavy atom. The van der Waals surface area contributed by atoms with Gasteiger partial charge < -0.3 is 4.90 Å². The number of rotatable bonds is 7. The number of piperidine rings is 1. The zero-order valence-corrected chi connectivity index (χ0v) is 18.9. The predicted molar refractivity (Wildman–Crippen MR) is 129 cm³/mol. The minimum absolute atomic E-state index is 0.112. The first-order valence-corrected chi connectivity index (χ1v) is 11.7. The van der Waals surface area contributed by atoms with E-state index in [-0.39, 0.29) is 5.91 Å².